The lowest BCUT2D eigenvalue weighted by molar-refractivity contribution is -0.143. The van der Waals surface area contributed by atoms with Gasteiger partial charge in [0.1, 0.15) is 5.75 Å². The van der Waals surface area contributed by atoms with Crippen LogP contribution in [0.3, 0.4) is 0 Å². The highest BCUT2D eigenvalue weighted by atomic mass is 19.3. The van der Waals surface area contributed by atoms with Crippen LogP contribution >= 0.6 is 0 Å². The van der Waals surface area contributed by atoms with Gasteiger partial charge in [-0.15, -0.1) is 0 Å². The zero-order valence-corrected chi connectivity index (χ0v) is 18.5. The lowest BCUT2D eigenvalue weighted by Gasteiger charge is -2.12. The molecule has 0 unspecified atom stereocenters. The molecule has 0 bridgehead atoms. The van der Waals surface area contributed by atoms with E-state index in [1.807, 2.05) is 32.0 Å². The van der Waals surface area contributed by atoms with E-state index in [1.54, 1.807) is 0 Å². The van der Waals surface area contributed by atoms with Crippen LogP contribution in [0.25, 0.3) is 6.08 Å². The van der Waals surface area contributed by atoms with Crippen LogP contribution in [0.2, 0.25) is 0 Å². The molecular formula is C24H27F2NO6. The Morgan fingerprint density at radius 2 is 1.70 bits per heavy atom. The molecule has 0 radical (unpaired) electrons. The molecule has 0 aliphatic rings. The average molecular weight is 463 g/mol. The molecule has 0 aliphatic carbocycles. The predicted molar refractivity (Wildman–Crippen MR) is 119 cm³/mol. The van der Waals surface area contributed by atoms with Gasteiger partial charge in [0.2, 0.25) is 0 Å². The molecule has 1 N–H and O–H groups in total. The molecule has 0 fully saturated rings. The third-order valence-electron chi connectivity index (χ3n) is 4.21. The monoisotopic (exact) mass is 463 g/mol. The van der Waals surface area contributed by atoms with E-state index in [0.29, 0.717) is 43.2 Å². The van der Waals surface area contributed by atoms with Crippen LogP contribution in [0, 0.1) is 0 Å². The average Bonchev–Trinajstić information content (AvgIpc) is 2.79. The van der Waals surface area contributed by atoms with E-state index in [9.17, 15) is 18.4 Å². The number of rotatable bonds is 13. The molecule has 178 valence electrons. The lowest BCUT2D eigenvalue weighted by Crippen LogP contribution is -2.30. The fourth-order valence-corrected chi connectivity index (χ4v) is 2.76. The van der Waals surface area contributed by atoms with Crippen molar-refractivity contribution < 1.29 is 37.3 Å². The molecule has 0 aromatic heterocycles. The number of carbonyl (C=O) groups is 2. The lowest BCUT2D eigenvalue weighted by atomic mass is 10.1. The topological polar surface area (TPSA) is 83.1 Å². The van der Waals surface area contributed by atoms with Gasteiger partial charge in [0, 0.05) is 12.6 Å². The van der Waals surface area contributed by atoms with E-state index in [0.717, 1.165) is 11.6 Å². The first kappa shape index (κ1) is 25.6. The molecule has 33 heavy (non-hydrogen) atoms. The highest BCUT2D eigenvalue weighted by molar-refractivity contribution is 5.89. The van der Waals surface area contributed by atoms with Crippen LogP contribution in [0.5, 0.6) is 17.2 Å². The van der Waals surface area contributed by atoms with Crippen molar-refractivity contribution in [2.24, 2.45) is 0 Å². The van der Waals surface area contributed by atoms with Crippen molar-refractivity contribution in [2.45, 2.75) is 26.9 Å². The summed E-state index contributed by atoms with van der Waals surface area (Å²) < 4.78 is 44.5. The highest BCUT2D eigenvalue weighted by Gasteiger charge is 2.08. The van der Waals surface area contributed by atoms with Crippen molar-refractivity contribution in [3.05, 3.63) is 59.7 Å². The molecule has 0 spiro atoms. The van der Waals surface area contributed by atoms with E-state index in [1.165, 1.54) is 30.3 Å². The summed E-state index contributed by atoms with van der Waals surface area (Å²) in [5, 5.41) is 2.69. The van der Waals surface area contributed by atoms with Crippen LogP contribution in [0.15, 0.2) is 48.5 Å². The maximum Gasteiger partial charge on any atom is 0.387 e. The fourth-order valence-electron chi connectivity index (χ4n) is 2.76. The van der Waals surface area contributed by atoms with Crippen LogP contribution in [0.1, 0.15) is 25.0 Å². The second-order valence-corrected chi connectivity index (χ2v) is 6.64. The number of alkyl halides is 2. The minimum atomic E-state index is -2.90. The summed E-state index contributed by atoms with van der Waals surface area (Å²) in [4.78, 5) is 23.7. The maximum absolute atomic E-state index is 12.1. The first-order valence-electron chi connectivity index (χ1n) is 10.5. The Kier molecular flexibility index (Phi) is 10.7. The third kappa shape index (κ3) is 9.59. The highest BCUT2D eigenvalue weighted by Crippen LogP contribution is 2.28. The van der Waals surface area contributed by atoms with Gasteiger partial charge in [-0.25, -0.2) is 4.79 Å². The number of esters is 1. The Hall–Kier alpha value is -3.62. The molecule has 2 aromatic carbocycles. The zero-order chi connectivity index (χ0) is 24.1. The van der Waals surface area contributed by atoms with E-state index in [4.69, 9.17) is 14.2 Å². The second kappa shape index (κ2) is 13.7. The smallest absolute Gasteiger partial charge is 0.387 e. The minimum Gasteiger partial charge on any atom is -0.490 e. The molecule has 0 atom stereocenters. The van der Waals surface area contributed by atoms with Crippen LogP contribution in [-0.2, 0) is 20.7 Å². The summed E-state index contributed by atoms with van der Waals surface area (Å²) in [6.45, 7) is 1.87. The maximum atomic E-state index is 12.1. The number of nitrogens with one attached hydrogen (secondary N) is 1. The van der Waals surface area contributed by atoms with Crippen molar-refractivity contribution in [3.8, 4) is 17.2 Å². The largest absolute Gasteiger partial charge is 0.490 e. The van der Waals surface area contributed by atoms with Crippen molar-refractivity contribution in [1.29, 1.82) is 0 Å². The van der Waals surface area contributed by atoms with Crippen LogP contribution in [0.4, 0.5) is 8.78 Å². The Morgan fingerprint density at radius 3 is 2.36 bits per heavy atom. The molecule has 0 saturated carbocycles. The summed E-state index contributed by atoms with van der Waals surface area (Å²) in [6.07, 6.45) is 3.15. The van der Waals surface area contributed by atoms with E-state index >= 15 is 0 Å². The van der Waals surface area contributed by atoms with Gasteiger partial charge in [-0.1, -0.05) is 18.2 Å². The molecule has 0 aliphatic heterocycles. The van der Waals surface area contributed by atoms with Crippen molar-refractivity contribution >= 4 is 18.0 Å². The summed E-state index contributed by atoms with van der Waals surface area (Å²) in [5.74, 6) is 0.206. The van der Waals surface area contributed by atoms with Gasteiger partial charge in [-0.2, -0.15) is 8.78 Å². The number of ether oxygens (including phenoxy) is 4. The molecule has 7 nitrogen and oxygen atoms in total. The Morgan fingerprint density at radius 1 is 1.00 bits per heavy atom. The molecule has 9 heteroatoms. The van der Waals surface area contributed by atoms with Crippen molar-refractivity contribution in [3.63, 3.8) is 0 Å². The summed E-state index contributed by atoms with van der Waals surface area (Å²) in [5.41, 5.74) is 1.55. The summed E-state index contributed by atoms with van der Waals surface area (Å²) in [7, 11) is 0. The number of benzene rings is 2. The van der Waals surface area contributed by atoms with Gasteiger partial charge in [-0.05, 0) is 61.7 Å². The Bertz CT molecular complexity index is 931. The third-order valence-corrected chi connectivity index (χ3v) is 4.21. The van der Waals surface area contributed by atoms with Gasteiger partial charge in [0.15, 0.2) is 18.1 Å². The fraction of sp³-hybridized carbons (Fsp3) is 0.333. The van der Waals surface area contributed by atoms with Crippen LogP contribution in [-0.4, -0.2) is 44.9 Å². The van der Waals surface area contributed by atoms with E-state index in [2.05, 4.69) is 10.1 Å². The summed E-state index contributed by atoms with van der Waals surface area (Å²) >= 11 is 0. The SMILES string of the molecule is CCOc1ccc(CCNC(=O)COC(=O)/C=C/c2ccc(OC(F)F)cc2)cc1OCC. The standard InChI is InChI=1S/C24H27F2NO6/c1-3-30-20-11-7-18(15-21(20)31-4-2)13-14-27-22(28)16-32-23(29)12-8-17-5-9-19(10-6-17)33-24(25)26/h5-12,15,24H,3-4,13-14,16H2,1-2H3,(H,27,28)/b12-8+. The molecule has 2 rings (SSSR count). The van der Waals surface area contributed by atoms with Gasteiger partial charge in [0.25, 0.3) is 5.91 Å². The molecule has 0 saturated heterocycles. The van der Waals surface area contributed by atoms with Gasteiger partial charge < -0.3 is 24.3 Å². The second-order valence-electron chi connectivity index (χ2n) is 6.64. The Balaban J connectivity index is 1.72. The number of halogens is 2. The predicted octanol–water partition coefficient (Wildman–Crippen LogP) is 4.00. The van der Waals surface area contributed by atoms with E-state index in [-0.39, 0.29) is 5.75 Å². The number of carbonyl (C=O) groups excluding carboxylic acids is 2. The number of hydrogen-bond donors (Lipinski definition) is 1. The van der Waals surface area contributed by atoms with Crippen molar-refractivity contribution in [2.75, 3.05) is 26.4 Å². The normalized spacial score (nSPS) is 10.8. The number of amides is 1. The first-order valence-corrected chi connectivity index (χ1v) is 10.5. The zero-order valence-electron chi connectivity index (χ0n) is 18.5. The molecular weight excluding hydrogens is 436 g/mol. The first-order chi connectivity index (χ1) is 15.9. The van der Waals surface area contributed by atoms with Gasteiger partial charge in [-0.3, -0.25) is 4.79 Å². The van der Waals surface area contributed by atoms with Gasteiger partial charge in [0.05, 0.1) is 13.2 Å². The van der Waals surface area contributed by atoms with Gasteiger partial charge >= 0.3 is 12.6 Å². The molecule has 0 heterocycles. The summed E-state index contributed by atoms with van der Waals surface area (Å²) in [6, 6.07) is 11.3. The minimum absolute atomic E-state index is 0.0146. The van der Waals surface area contributed by atoms with E-state index < -0.39 is 25.1 Å². The quantitative estimate of drug-likeness (QED) is 0.357. The Labute approximate surface area is 191 Å². The molecule has 1 amide bonds. The van der Waals surface area contributed by atoms with Crippen LogP contribution < -0.4 is 19.5 Å². The number of hydrogen-bond acceptors (Lipinski definition) is 6. The molecule has 2 aromatic rings. The van der Waals surface area contributed by atoms with Crippen molar-refractivity contribution in [1.82, 2.24) is 5.32 Å².